The van der Waals surface area contributed by atoms with Gasteiger partial charge in [0.15, 0.2) is 23.0 Å². The zero-order valence-electron chi connectivity index (χ0n) is 25.2. The molecule has 1 aromatic carbocycles. The second kappa shape index (κ2) is 12.3. The van der Waals surface area contributed by atoms with Crippen LogP contribution < -0.4 is 20.1 Å². The van der Waals surface area contributed by atoms with Gasteiger partial charge in [-0.3, -0.25) is 9.69 Å². The zero-order chi connectivity index (χ0) is 32.7. The Hall–Kier alpha value is -4.63. The molecule has 1 amide bonds. The number of anilines is 2. The van der Waals surface area contributed by atoms with Crippen molar-refractivity contribution >= 4 is 52.7 Å². The number of carbonyl (C=O) groups excluding carboxylic acids is 1. The molecule has 2 fully saturated rings. The standard InChI is InChI=1S/C30H31ClF3N9O3/c1-41-7-6-19(15-41)45-20-9-17(30(32,33)34)8-18(10-20)39-29-40-27-26(43(29)3)25(31)23(13-38-27)46-22(11-35)21-12-37-24(14-36-21)42(2)28(44)16-4-5-16/h8-14,16,19,35-36H,4-7,15H2,1-3H3,(H,38,39,40)/b22-21+,35-11?/t19-/m0/s1. The van der Waals surface area contributed by atoms with Crippen LogP contribution in [0.2, 0.25) is 5.02 Å². The number of fused-ring (bicyclic) bond motifs is 1. The Bertz CT molecular complexity index is 1800. The number of amides is 1. The van der Waals surface area contributed by atoms with Crippen LogP contribution >= 0.6 is 11.6 Å². The lowest BCUT2D eigenvalue weighted by Gasteiger charge is -2.21. The Labute approximate surface area is 267 Å². The van der Waals surface area contributed by atoms with Gasteiger partial charge < -0.3 is 35.0 Å². The van der Waals surface area contributed by atoms with Crippen molar-refractivity contribution in [2.45, 2.75) is 31.5 Å². The largest absolute Gasteiger partial charge is 0.489 e. The lowest BCUT2D eigenvalue weighted by molar-refractivity contribution is -0.137. The van der Waals surface area contributed by atoms with Crippen LogP contribution in [0.3, 0.4) is 0 Å². The Balaban J connectivity index is 1.24. The van der Waals surface area contributed by atoms with Crippen LogP contribution in [-0.4, -0.2) is 76.0 Å². The molecule has 3 aliphatic rings. The number of alkyl halides is 3. The van der Waals surface area contributed by atoms with Gasteiger partial charge in [0.1, 0.15) is 28.1 Å². The van der Waals surface area contributed by atoms with E-state index >= 15 is 0 Å². The van der Waals surface area contributed by atoms with E-state index < -0.39 is 11.7 Å². The first-order valence-corrected chi connectivity index (χ1v) is 14.9. The number of imidazole rings is 1. The minimum Gasteiger partial charge on any atom is -0.489 e. The number of pyridine rings is 1. The highest BCUT2D eigenvalue weighted by Gasteiger charge is 2.34. The summed E-state index contributed by atoms with van der Waals surface area (Å²) in [6.45, 7) is 1.42. The number of halogens is 4. The third-order valence-corrected chi connectivity index (χ3v) is 8.21. The number of nitrogens with one attached hydrogen (secondary N) is 3. The second-order valence-corrected chi connectivity index (χ2v) is 11.7. The van der Waals surface area contributed by atoms with E-state index in [-0.39, 0.29) is 57.5 Å². The topological polar surface area (TPSA) is 133 Å². The molecule has 2 aromatic heterocycles. The molecular formula is C30H31ClF3N9O3. The number of benzene rings is 1. The number of hydrogen-bond acceptors (Lipinski definition) is 10. The van der Waals surface area contributed by atoms with Gasteiger partial charge in [0, 0.05) is 51.1 Å². The highest BCUT2D eigenvalue weighted by Crippen LogP contribution is 2.38. The first kappa shape index (κ1) is 31.4. The number of aliphatic imine (C=N–C) groups is 1. The number of aromatic nitrogens is 3. The molecule has 12 nitrogen and oxygen atoms in total. The first-order valence-electron chi connectivity index (χ1n) is 14.5. The molecule has 1 saturated carbocycles. The van der Waals surface area contributed by atoms with E-state index in [1.54, 1.807) is 24.9 Å². The summed E-state index contributed by atoms with van der Waals surface area (Å²) in [5, 5.41) is 14.0. The molecule has 3 N–H and O–H groups in total. The molecule has 16 heteroatoms. The number of carbonyl (C=O) groups is 1. The molecule has 0 spiro atoms. The predicted octanol–water partition coefficient (Wildman–Crippen LogP) is 5.05. The fourth-order valence-corrected chi connectivity index (χ4v) is 5.47. The maximum atomic E-state index is 13.8. The number of rotatable bonds is 9. The quantitative estimate of drug-likeness (QED) is 0.215. The fourth-order valence-electron chi connectivity index (χ4n) is 5.17. The average Bonchev–Trinajstić information content (AvgIpc) is 3.72. The van der Waals surface area contributed by atoms with Crippen LogP contribution in [0.15, 0.2) is 52.9 Å². The number of aryl methyl sites for hydroxylation is 1. The van der Waals surface area contributed by atoms with Crippen molar-refractivity contribution in [2.75, 3.05) is 32.5 Å². The molecule has 1 aliphatic carbocycles. The first-order chi connectivity index (χ1) is 21.9. The zero-order valence-corrected chi connectivity index (χ0v) is 25.9. The molecule has 242 valence electrons. The SMILES string of the molecule is CN1CC[C@H](Oc2cc(Nc3nc4ncc(O/C(C=N)=C5\C=NC(N(C)C(=O)C6CC6)=CN5)c(Cl)c4n3C)cc(C(F)(F)F)c2)C1. The summed E-state index contributed by atoms with van der Waals surface area (Å²) in [6, 6.07) is 3.47. The van der Waals surface area contributed by atoms with Crippen molar-refractivity contribution in [1.29, 1.82) is 5.41 Å². The van der Waals surface area contributed by atoms with E-state index in [9.17, 15) is 18.0 Å². The summed E-state index contributed by atoms with van der Waals surface area (Å²) in [4.78, 5) is 29.0. The van der Waals surface area contributed by atoms with Gasteiger partial charge in [-0.15, -0.1) is 0 Å². The molecule has 2 aliphatic heterocycles. The number of nitrogens with zero attached hydrogens (tertiary/aromatic N) is 6. The molecule has 3 aromatic rings. The summed E-state index contributed by atoms with van der Waals surface area (Å²) >= 11 is 6.72. The van der Waals surface area contributed by atoms with Gasteiger partial charge in [-0.2, -0.15) is 18.2 Å². The third-order valence-electron chi connectivity index (χ3n) is 7.85. The molecule has 0 bridgehead atoms. The Kier molecular flexibility index (Phi) is 8.37. The molecule has 1 saturated heterocycles. The van der Waals surface area contributed by atoms with Crippen molar-refractivity contribution in [3.63, 3.8) is 0 Å². The predicted molar refractivity (Wildman–Crippen MR) is 166 cm³/mol. The summed E-state index contributed by atoms with van der Waals surface area (Å²) in [6.07, 6.45) is 2.94. The van der Waals surface area contributed by atoms with Crippen molar-refractivity contribution < 1.29 is 27.4 Å². The molecule has 6 rings (SSSR count). The molecule has 46 heavy (non-hydrogen) atoms. The van der Waals surface area contributed by atoms with Gasteiger partial charge in [-0.05, 0) is 38.4 Å². The smallest absolute Gasteiger partial charge is 0.416 e. The minimum absolute atomic E-state index is 0.00344. The van der Waals surface area contributed by atoms with Gasteiger partial charge in [-0.1, -0.05) is 11.6 Å². The number of likely N-dealkylation sites (N-methyl/N-ethyl adjacent to an activating group) is 1. The summed E-state index contributed by atoms with van der Waals surface area (Å²) in [7, 11) is 5.21. The summed E-state index contributed by atoms with van der Waals surface area (Å²) in [5.41, 5.74) is 0.178. The average molecular weight is 658 g/mol. The fraction of sp³-hybridized carbons (Fsp3) is 0.367. The molecule has 0 radical (unpaired) electrons. The van der Waals surface area contributed by atoms with Crippen molar-refractivity contribution in [1.82, 2.24) is 29.7 Å². The maximum Gasteiger partial charge on any atom is 0.416 e. The van der Waals surface area contributed by atoms with E-state index in [0.29, 0.717) is 30.0 Å². The Morgan fingerprint density at radius 1 is 1.24 bits per heavy atom. The third kappa shape index (κ3) is 6.51. The van der Waals surface area contributed by atoms with Crippen molar-refractivity contribution in [3.05, 3.63) is 58.5 Å². The van der Waals surface area contributed by atoms with Gasteiger partial charge in [0.25, 0.3) is 0 Å². The van der Waals surface area contributed by atoms with Crippen LogP contribution in [0.25, 0.3) is 11.2 Å². The highest BCUT2D eigenvalue weighted by atomic mass is 35.5. The molecule has 4 heterocycles. The monoisotopic (exact) mass is 657 g/mol. The van der Waals surface area contributed by atoms with Gasteiger partial charge in [0.05, 0.1) is 24.2 Å². The molecular weight excluding hydrogens is 627 g/mol. The maximum absolute atomic E-state index is 13.8. The van der Waals surface area contributed by atoms with E-state index in [1.807, 2.05) is 7.05 Å². The summed E-state index contributed by atoms with van der Waals surface area (Å²) < 4.78 is 54.7. The van der Waals surface area contributed by atoms with E-state index in [2.05, 4.69) is 30.5 Å². The van der Waals surface area contributed by atoms with Crippen LogP contribution in [0.1, 0.15) is 24.8 Å². The van der Waals surface area contributed by atoms with Crippen LogP contribution in [0, 0.1) is 11.3 Å². The number of likely N-dealkylation sites (tertiary alicyclic amines) is 1. The molecule has 1 atom stereocenters. The van der Waals surface area contributed by atoms with E-state index in [0.717, 1.165) is 37.7 Å². The van der Waals surface area contributed by atoms with Gasteiger partial charge in [-0.25, -0.2) is 9.98 Å². The van der Waals surface area contributed by atoms with Gasteiger partial charge >= 0.3 is 6.18 Å². The van der Waals surface area contributed by atoms with E-state index in [4.69, 9.17) is 26.5 Å². The number of hydrogen-bond donors (Lipinski definition) is 3. The van der Waals surface area contributed by atoms with Crippen LogP contribution in [0.4, 0.5) is 24.8 Å². The minimum atomic E-state index is -4.59. The van der Waals surface area contributed by atoms with Crippen LogP contribution in [0.5, 0.6) is 11.5 Å². The number of ether oxygens (including phenoxy) is 2. The van der Waals surface area contributed by atoms with E-state index in [1.165, 1.54) is 23.4 Å². The van der Waals surface area contributed by atoms with Gasteiger partial charge in [0.2, 0.25) is 11.9 Å². The summed E-state index contributed by atoms with van der Waals surface area (Å²) in [5.74, 6) is 0.912. The number of allylic oxidation sites excluding steroid dienone is 2. The highest BCUT2D eigenvalue weighted by molar-refractivity contribution is 6.36. The van der Waals surface area contributed by atoms with Crippen molar-refractivity contribution in [3.8, 4) is 11.5 Å². The van der Waals surface area contributed by atoms with Crippen LogP contribution in [-0.2, 0) is 18.0 Å². The normalized spacial score (nSPS) is 19.5. The second-order valence-electron chi connectivity index (χ2n) is 11.4. The lowest BCUT2D eigenvalue weighted by Crippen LogP contribution is -2.30. The Morgan fingerprint density at radius 3 is 2.65 bits per heavy atom. The Morgan fingerprint density at radius 2 is 2.02 bits per heavy atom. The lowest BCUT2D eigenvalue weighted by atomic mass is 10.1. The van der Waals surface area contributed by atoms with Crippen molar-refractivity contribution in [2.24, 2.45) is 18.0 Å². The molecule has 0 unspecified atom stereocenters.